The summed E-state index contributed by atoms with van der Waals surface area (Å²) in [6, 6.07) is 12.6. The zero-order valence-corrected chi connectivity index (χ0v) is 20.2. The highest BCUT2D eigenvalue weighted by atomic mass is 79.9. The molecule has 2 fully saturated rings. The molecule has 0 bridgehead atoms. The lowest BCUT2D eigenvalue weighted by Gasteiger charge is -2.26. The molecule has 0 saturated carbocycles. The first-order valence-electron chi connectivity index (χ1n) is 11.4. The second-order valence-corrected chi connectivity index (χ2v) is 9.14. The van der Waals surface area contributed by atoms with Gasteiger partial charge in [0.15, 0.2) is 0 Å². The number of rotatable bonds is 7. The van der Waals surface area contributed by atoms with E-state index < -0.39 is 0 Å². The highest BCUT2D eigenvalue weighted by Crippen LogP contribution is 2.28. The number of amides is 3. The van der Waals surface area contributed by atoms with Crippen LogP contribution in [0.4, 0.5) is 21.9 Å². The van der Waals surface area contributed by atoms with Crippen molar-refractivity contribution in [2.24, 2.45) is 0 Å². The lowest BCUT2D eigenvalue weighted by molar-refractivity contribution is 0.0383. The average molecular weight is 516 g/mol. The molecule has 2 aliphatic rings. The fourth-order valence-corrected chi connectivity index (χ4v) is 4.54. The highest BCUT2D eigenvalue weighted by Gasteiger charge is 2.21. The minimum atomic E-state index is -0.360. The first-order chi connectivity index (χ1) is 16.1. The first kappa shape index (κ1) is 23.5. The molecule has 0 unspecified atom stereocenters. The maximum absolute atomic E-state index is 13.1. The maximum Gasteiger partial charge on any atom is 0.323 e. The molecule has 0 radical (unpaired) electrons. The number of nitrogens with one attached hydrogen (secondary N) is 3. The van der Waals surface area contributed by atoms with Crippen molar-refractivity contribution in [3.63, 3.8) is 0 Å². The van der Waals surface area contributed by atoms with E-state index in [0.717, 1.165) is 68.9 Å². The standard InChI is InChI=1S/C24H30BrN5O3/c25-18-4-3-5-19(16-18)27-24(32)28-20-6-7-22(30-9-1-2-10-30)21(17-20)23(31)26-8-11-29-12-14-33-15-13-29/h3-7,16-17H,1-2,8-15H2,(H,26,31)(H2,27,28,32). The molecule has 8 nitrogen and oxygen atoms in total. The van der Waals surface area contributed by atoms with Crippen LogP contribution in [0.3, 0.4) is 0 Å². The van der Waals surface area contributed by atoms with Crippen molar-refractivity contribution in [3.8, 4) is 0 Å². The molecule has 4 rings (SSSR count). The predicted molar refractivity (Wildman–Crippen MR) is 134 cm³/mol. The van der Waals surface area contributed by atoms with Gasteiger partial charge in [-0.2, -0.15) is 0 Å². The van der Waals surface area contributed by atoms with Gasteiger partial charge in [-0.15, -0.1) is 0 Å². The molecule has 3 amide bonds. The summed E-state index contributed by atoms with van der Waals surface area (Å²) < 4.78 is 6.26. The predicted octanol–water partition coefficient (Wildman–Crippen LogP) is 3.76. The highest BCUT2D eigenvalue weighted by molar-refractivity contribution is 9.10. The monoisotopic (exact) mass is 515 g/mol. The quantitative estimate of drug-likeness (QED) is 0.522. The largest absolute Gasteiger partial charge is 0.379 e. The van der Waals surface area contributed by atoms with Crippen molar-refractivity contribution >= 4 is 44.9 Å². The lowest BCUT2D eigenvalue weighted by atomic mass is 10.1. The molecule has 2 heterocycles. The molecule has 2 aliphatic heterocycles. The minimum Gasteiger partial charge on any atom is -0.379 e. The van der Waals surface area contributed by atoms with Gasteiger partial charge in [-0.25, -0.2) is 4.79 Å². The molecule has 0 aromatic heterocycles. The second kappa shape index (κ2) is 11.5. The van der Waals surface area contributed by atoms with Crippen LogP contribution >= 0.6 is 15.9 Å². The van der Waals surface area contributed by atoms with Gasteiger partial charge in [-0.05, 0) is 49.2 Å². The van der Waals surface area contributed by atoms with Gasteiger partial charge in [0.05, 0.1) is 18.8 Å². The van der Waals surface area contributed by atoms with Crippen LogP contribution in [0, 0.1) is 0 Å². The second-order valence-electron chi connectivity index (χ2n) is 8.23. The fraction of sp³-hybridized carbons (Fsp3) is 0.417. The van der Waals surface area contributed by atoms with Crippen LogP contribution in [0.1, 0.15) is 23.2 Å². The Kier molecular flexibility index (Phi) is 8.20. The number of morpholine rings is 1. The number of hydrogen-bond acceptors (Lipinski definition) is 5. The summed E-state index contributed by atoms with van der Waals surface area (Å²) in [6.07, 6.45) is 2.24. The number of carbonyl (C=O) groups is 2. The molecule has 2 aromatic rings. The normalized spacial score (nSPS) is 16.5. The molecular formula is C24H30BrN5O3. The Morgan fingerprint density at radius 2 is 1.67 bits per heavy atom. The summed E-state index contributed by atoms with van der Waals surface area (Å²) in [5.41, 5.74) is 2.74. The summed E-state index contributed by atoms with van der Waals surface area (Å²) in [7, 11) is 0. The van der Waals surface area contributed by atoms with Crippen LogP contribution in [-0.2, 0) is 4.74 Å². The van der Waals surface area contributed by atoms with E-state index in [1.165, 1.54) is 0 Å². The van der Waals surface area contributed by atoms with Gasteiger partial charge in [-0.1, -0.05) is 22.0 Å². The third kappa shape index (κ3) is 6.69. The van der Waals surface area contributed by atoms with E-state index in [-0.39, 0.29) is 11.9 Å². The topological polar surface area (TPSA) is 85.9 Å². The lowest BCUT2D eigenvalue weighted by Crippen LogP contribution is -2.41. The fourth-order valence-electron chi connectivity index (χ4n) is 4.14. The van der Waals surface area contributed by atoms with E-state index in [1.54, 1.807) is 6.07 Å². The third-order valence-corrected chi connectivity index (χ3v) is 6.34. The first-order valence-corrected chi connectivity index (χ1v) is 12.2. The zero-order chi connectivity index (χ0) is 23.0. The Morgan fingerprint density at radius 3 is 2.39 bits per heavy atom. The van der Waals surface area contributed by atoms with Crippen molar-refractivity contribution in [2.75, 3.05) is 68.0 Å². The van der Waals surface area contributed by atoms with Crippen LogP contribution in [-0.4, -0.2) is 69.3 Å². The molecule has 2 aromatic carbocycles. The number of nitrogens with zero attached hydrogens (tertiary/aromatic N) is 2. The Hall–Kier alpha value is -2.62. The number of urea groups is 1. The summed E-state index contributed by atoms with van der Waals surface area (Å²) in [4.78, 5) is 30.1. The molecule has 9 heteroatoms. The van der Waals surface area contributed by atoms with Gasteiger partial charge in [-0.3, -0.25) is 9.69 Å². The molecule has 0 spiro atoms. The van der Waals surface area contributed by atoms with Gasteiger partial charge in [0.1, 0.15) is 0 Å². The Morgan fingerprint density at radius 1 is 0.939 bits per heavy atom. The van der Waals surface area contributed by atoms with E-state index in [9.17, 15) is 9.59 Å². The van der Waals surface area contributed by atoms with Crippen LogP contribution in [0.25, 0.3) is 0 Å². The summed E-state index contributed by atoms with van der Waals surface area (Å²) >= 11 is 3.40. The van der Waals surface area contributed by atoms with Crippen molar-refractivity contribution in [1.29, 1.82) is 0 Å². The molecule has 3 N–H and O–H groups in total. The zero-order valence-electron chi connectivity index (χ0n) is 18.6. The van der Waals surface area contributed by atoms with E-state index in [0.29, 0.717) is 23.5 Å². The maximum atomic E-state index is 13.1. The van der Waals surface area contributed by atoms with Crippen molar-refractivity contribution in [3.05, 3.63) is 52.5 Å². The molecular weight excluding hydrogens is 486 g/mol. The average Bonchev–Trinajstić information content (AvgIpc) is 3.34. The summed E-state index contributed by atoms with van der Waals surface area (Å²) in [6.45, 7) is 6.49. The van der Waals surface area contributed by atoms with Crippen LogP contribution in [0.2, 0.25) is 0 Å². The Labute approximate surface area is 202 Å². The number of ether oxygens (including phenoxy) is 1. The van der Waals surface area contributed by atoms with Crippen molar-refractivity contribution in [2.45, 2.75) is 12.8 Å². The third-order valence-electron chi connectivity index (χ3n) is 5.85. The van der Waals surface area contributed by atoms with Crippen molar-refractivity contribution in [1.82, 2.24) is 10.2 Å². The number of hydrogen-bond donors (Lipinski definition) is 3. The smallest absolute Gasteiger partial charge is 0.323 e. The van der Waals surface area contributed by atoms with Gasteiger partial charge < -0.3 is 25.6 Å². The van der Waals surface area contributed by atoms with Gasteiger partial charge in [0.2, 0.25) is 0 Å². The molecule has 176 valence electrons. The minimum absolute atomic E-state index is 0.124. The molecule has 2 saturated heterocycles. The van der Waals surface area contributed by atoms with E-state index in [1.807, 2.05) is 36.4 Å². The summed E-state index contributed by atoms with van der Waals surface area (Å²) in [5, 5.41) is 8.71. The molecule has 33 heavy (non-hydrogen) atoms. The van der Waals surface area contributed by atoms with Crippen LogP contribution in [0.5, 0.6) is 0 Å². The number of carbonyl (C=O) groups excluding carboxylic acids is 2. The number of benzene rings is 2. The van der Waals surface area contributed by atoms with Gasteiger partial charge >= 0.3 is 6.03 Å². The van der Waals surface area contributed by atoms with Gasteiger partial charge in [0.25, 0.3) is 5.91 Å². The molecule has 0 atom stereocenters. The number of halogens is 1. The van der Waals surface area contributed by atoms with E-state index in [2.05, 4.69) is 41.7 Å². The molecule has 0 aliphatic carbocycles. The van der Waals surface area contributed by atoms with E-state index >= 15 is 0 Å². The Balaban J connectivity index is 1.43. The van der Waals surface area contributed by atoms with E-state index in [4.69, 9.17) is 4.74 Å². The van der Waals surface area contributed by atoms with Crippen LogP contribution < -0.4 is 20.9 Å². The SMILES string of the molecule is O=C(Nc1cccc(Br)c1)Nc1ccc(N2CCCC2)c(C(=O)NCCN2CCOCC2)c1. The van der Waals surface area contributed by atoms with Crippen LogP contribution in [0.15, 0.2) is 46.9 Å². The summed E-state index contributed by atoms with van der Waals surface area (Å²) in [5.74, 6) is -0.124. The Bertz CT molecular complexity index is 974. The van der Waals surface area contributed by atoms with Crippen molar-refractivity contribution < 1.29 is 14.3 Å². The number of anilines is 3. The van der Waals surface area contributed by atoms with Gasteiger partial charge in [0, 0.05) is 60.8 Å².